The van der Waals surface area contributed by atoms with Crippen LogP contribution in [0.4, 0.5) is 11.5 Å². The first-order valence-corrected chi connectivity index (χ1v) is 14.2. The molecule has 0 aliphatic carbocycles. The second-order valence-electron chi connectivity index (χ2n) is 10.3. The van der Waals surface area contributed by atoms with Gasteiger partial charge in [-0.25, -0.2) is 9.69 Å². The molecule has 0 amide bonds. The van der Waals surface area contributed by atoms with Gasteiger partial charge in [-0.3, -0.25) is 4.90 Å². The molecule has 0 radical (unpaired) electrons. The smallest absolute Gasteiger partial charge is 0.223 e. The number of hydrazone groups is 1. The van der Waals surface area contributed by atoms with Gasteiger partial charge in [0.1, 0.15) is 23.8 Å². The van der Waals surface area contributed by atoms with Crippen LogP contribution in [0.25, 0.3) is 5.70 Å². The Labute approximate surface area is 241 Å². The van der Waals surface area contributed by atoms with Crippen LogP contribution in [0, 0.1) is 5.92 Å². The summed E-state index contributed by atoms with van der Waals surface area (Å²) in [4.78, 5) is 9.54. The van der Waals surface area contributed by atoms with E-state index < -0.39 is 0 Å². The van der Waals surface area contributed by atoms with Gasteiger partial charge in [-0.15, -0.1) is 0 Å². The number of nitrogens with two attached hydrogens (primary N) is 1. The van der Waals surface area contributed by atoms with E-state index in [1.54, 1.807) is 24.6 Å². The molecule has 4 heterocycles. The molecule has 1 saturated heterocycles. The molecule has 0 saturated carbocycles. The van der Waals surface area contributed by atoms with Crippen LogP contribution in [0.5, 0.6) is 5.75 Å². The molecule has 1 atom stereocenters. The average Bonchev–Trinajstić information content (AvgIpc) is 3.67. The maximum atomic E-state index is 6.41. The fourth-order valence-corrected chi connectivity index (χ4v) is 4.96. The predicted molar refractivity (Wildman–Crippen MR) is 162 cm³/mol. The largest absolute Gasteiger partial charge is 0.491 e. The van der Waals surface area contributed by atoms with E-state index in [2.05, 4.69) is 52.5 Å². The Bertz CT molecular complexity index is 1350. The van der Waals surface area contributed by atoms with Gasteiger partial charge in [0.05, 0.1) is 36.9 Å². The summed E-state index contributed by atoms with van der Waals surface area (Å²) in [6.45, 7) is 15.1. The number of ether oxygens (including phenoxy) is 2. The van der Waals surface area contributed by atoms with Crippen LogP contribution in [-0.2, 0) is 11.3 Å². The SMILES string of the molecule is C=C1c2cnn(CCN3CCN(c4ccc(OCCOC)cc4)CC3)c2N=C(N)N1/N=C(/c1ccco1)C(C)CC. The second-order valence-corrected chi connectivity index (χ2v) is 10.3. The van der Waals surface area contributed by atoms with E-state index in [0.29, 0.717) is 37.0 Å². The summed E-state index contributed by atoms with van der Waals surface area (Å²) in [5.41, 5.74) is 9.90. The number of hydrogen-bond donors (Lipinski definition) is 1. The maximum absolute atomic E-state index is 6.41. The Balaban J connectivity index is 1.18. The van der Waals surface area contributed by atoms with Crippen molar-refractivity contribution in [3.05, 3.63) is 66.8 Å². The minimum absolute atomic E-state index is 0.172. The summed E-state index contributed by atoms with van der Waals surface area (Å²) < 4.78 is 18.3. The van der Waals surface area contributed by atoms with Gasteiger partial charge in [0.15, 0.2) is 5.82 Å². The van der Waals surface area contributed by atoms with Crippen molar-refractivity contribution in [3.63, 3.8) is 0 Å². The molecule has 2 aliphatic rings. The predicted octanol–water partition coefficient (Wildman–Crippen LogP) is 4.01. The van der Waals surface area contributed by atoms with Crippen LogP contribution < -0.4 is 15.4 Å². The Kier molecular flexibility index (Phi) is 9.05. The van der Waals surface area contributed by atoms with Crippen molar-refractivity contribution in [2.75, 3.05) is 57.9 Å². The van der Waals surface area contributed by atoms with Crippen molar-refractivity contribution in [1.82, 2.24) is 19.7 Å². The lowest BCUT2D eigenvalue weighted by atomic mass is 10.0. The monoisotopic (exact) mass is 560 g/mol. The van der Waals surface area contributed by atoms with Gasteiger partial charge in [-0.05, 0) is 42.8 Å². The number of rotatable bonds is 12. The first-order valence-electron chi connectivity index (χ1n) is 14.2. The van der Waals surface area contributed by atoms with Gasteiger partial charge in [0, 0.05) is 51.4 Å². The molecule has 0 spiro atoms. The number of fused-ring (bicyclic) bond motifs is 1. The van der Waals surface area contributed by atoms with Crippen LogP contribution in [0.15, 0.2) is 69.9 Å². The zero-order valence-electron chi connectivity index (χ0n) is 24.2. The van der Waals surface area contributed by atoms with Crippen molar-refractivity contribution in [3.8, 4) is 5.75 Å². The molecule has 11 nitrogen and oxygen atoms in total. The Hall–Kier alpha value is -4.09. The van der Waals surface area contributed by atoms with E-state index in [1.165, 1.54) is 5.69 Å². The van der Waals surface area contributed by atoms with Crippen molar-refractivity contribution >= 4 is 28.9 Å². The van der Waals surface area contributed by atoms with Crippen molar-refractivity contribution < 1.29 is 13.9 Å². The normalized spacial score (nSPS) is 17.0. The zero-order valence-corrected chi connectivity index (χ0v) is 24.2. The Morgan fingerprint density at radius 2 is 1.90 bits per heavy atom. The number of methoxy groups -OCH3 is 1. The summed E-state index contributed by atoms with van der Waals surface area (Å²) in [7, 11) is 1.67. The molecular weight excluding hydrogens is 520 g/mol. The van der Waals surface area contributed by atoms with Crippen LogP contribution in [-0.4, -0.2) is 84.4 Å². The third-order valence-corrected chi connectivity index (χ3v) is 7.63. The Morgan fingerprint density at radius 3 is 2.59 bits per heavy atom. The quantitative estimate of drug-likeness (QED) is 0.261. The summed E-state index contributed by atoms with van der Waals surface area (Å²) in [6, 6.07) is 12.1. The van der Waals surface area contributed by atoms with Crippen molar-refractivity contribution in [2.24, 2.45) is 21.7 Å². The number of furan rings is 1. The molecule has 2 aliphatic heterocycles. The van der Waals surface area contributed by atoms with E-state index in [1.807, 2.05) is 28.9 Å². The summed E-state index contributed by atoms with van der Waals surface area (Å²) in [5, 5.41) is 11.0. The lowest BCUT2D eigenvalue weighted by molar-refractivity contribution is 0.146. The van der Waals surface area contributed by atoms with E-state index >= 15 is 0 Å². The van der Waals surface area contributed by atoms with E-state index in [-0.39, 0.29) is 11.9 Å². The van der Waals surface area contributed by atoms with Crippen molar-refractivity contribution in [2.45, 2.75) is 26.8 Å². The van der Waals surface area contributed by atoms with E-state index in [0.717, 1.165) is 56.2 Å². The molecule has 1 aromatic carbocycles. The number of hydrogen-bond acceptors (Lipinski definition) is 10. The molecule has 218 valence electrons. The number of piperazine rings is 1. The fraction of sp³-hybridized carbons (Fsp3) is 0.433. The zero-order chi connectivity index (χ0) is 28.8. The highest BCUT2D eigenvalue weighted by atomic mass is 16.5. The van der Waals surface area contributed by atoms with Gasteiger partial charge in [-0.2, -0.15) is 15.2 Å². The van der Waals surface area contributed by atoms with Gasteiger partial charge in [-0.1, -0.05) is 20.4 Å². The highest BCUT2D eigenvalue weighted by Crippen LogP contribution is 2.33. The van der Waals surface area contributed by atoms with Gasteiger partial charge in [0.2, 0.25) is 5.96 Å². The molecular formula is C30H40N8O3. The minimum Gasteiger partial charge on any atom is -0.491 e. The van der Waals surface area contributed by atoms with E-state index in [9.17, 15) is 0 Å². The number of aliphatic imine (C=N–C) groups is 1. The first-order chi connectivity index (χ1) is 20.0. The van der Waals surface area contributed by atoms with Crippen LogP contribution in [0.3, 0.4) is 0 Å². The second kappa shape index (κ2) is 13.0. The molecule has 0 bridgehead atoms. The number of anilines is 1. The molecule has 1 unspecified atom stereocenters. The molecule has 41 heavy (non-hydrogen) atoms. The molecule has 2 aromatic heterocycles. The van der Waals surface area contributed by atoms with E-state index in [4.69, 9.17) is 24.7 Å². The highest BCUT2D eigenvalue weighted by molar-refractivity contribution is 6.02. The number of aromatic nitrogens is 2. The molecule has 11 heteroatoms. The lowest BCUT2D eigenvalue weighted by Crippen LogP contribution is -2.47. The van der Waals surface area contributed by atoms with Gasteiger partial charge < -0.3 is 24.5 Å². The number of nitrogens with zero attached hydrogens (tertiary/aromatic N) is 7. The lowest BCUT2D eigenvalue weighted by Gasteiger charge is -2.36. The number of benzene rings is 1. The third-order valence-electron chi connectivity index (χ3n) is 7.63. The number of guanidine groups is 1. The first kappa shape index (κ1) is 28.4. The highest BCUT2D eigenvalue weighted by Gasteiger charge is 2.28. The molecule has 3 aromatic rings. The van der Waals surface area contributed by atoms with Gasteiger partial charge >= 0.3 is 0 Å². The summed E-state index contributed by atoms with van der Waals surface area (Å²) >= 11 is 0. The maximum Gasteiger partial charge on any atom is 0.223 e. The van der Waals surface area contributed by atoms with Crippen LogP contribution in [0.1, 0.15) is 31.6 Å². The minimum atomic E-state index is 0.172. The van der Waals surface area contributed by atoms with Crippen molar-refractivity contribution in [1.29, 1.82) is 0 Å². The summed E-state index contributed by atoms with van der Waals surface area (Å²) in [6.07, 6.45) is 4.35. The summed E-state index contributed by atoms with van der Waals surface area (Å²) in [5.74, 6) is 2.73. The van der Waals surface area contributed by atoms with Crippen LogP contribution in [0.2, 0.25) is 0 Å². The van der Waals surface area contributed by atoms with Gasteiger partial charge in [0.25, 0.3) is 0 Å². The molecule has 2 N–H and O–H groups in total. The fourth-order valence-electron chi connectivity index (χ4n) is 4.96. The standard InChI is InChI=1S/C30H40N8O3/c1-5-22(2)28(27-7-6-18-41-27)34-38-23(3)26-21-32-37(29(26)33-30(38)31)17-14-35-12-15-36(16-13-35)24-8-10-25(11-9-24)40-20-19-39-4/h6-11,18,21-22H,3,5,12-17,19-20H2,1-2,4H3,(H2,31,33)/b34-28+. The topological polar surface area (TPSA) is 110 Å². The third kappa shape index (κ3) is 6.47. The molecule has 5 rings (SSSR count). The molecule has 1 fully saturated rings. The van der Waals surface area contributed by atoms with Crippen LogP contribution >= 0.6 is 0 Å². The Morgan fingerprint density at radius 1 is 1.12 bits per heavy atom. The average molecular weight is 561 g/mol.